The molecule has 1 N–H and O–H groups in total. The van der Waals surface area contributed by atoms with Gasteiger partial charge in [-0.1, -0.05) is 6.07 Å². The second-order valence-corrected chi connectivity index (χ2v) is 2.99. The number of β-lactam (4-membered cyclic amide) rings is 1. The van der Waals surface area contributed by atoms with Gasteiger partial charge < -0.3 is 5.32 Å². The molecule has 1 aromatic carbocycles. The standard InChI is InChI=1S/C9H7F2NO/c10-5-1-2-6(7(11)3-5)8-4-9(13)12-8/h1-3,8H,4H2,(H,12,13). The van der Waals surface area contributed by atoms with E-state index in [1.54, 1.807) is 0 Å². The van der Waals surface area contributed by atoms with E-state index >= 15 is 0 Å². The molecular formula is C9H7F2NO. The highest BCUT2D eigenvalue weighted by Crippen LogP contribution is 2.26. The van der Waals surface area contributed by atoms with Crippen LogP contribution in [0.15, 0.2) is 18.2 Å². The average molecular weight is 183 g/mol. The molecule has 0 aromatic heterocycles. The minimum atomic E-state index is -0.606. The van der Waals surface area contributed by atoms with Crippen LogP contribution in [0.3, 0.4) is 0 Å². The van der Waals surface area contributed by atoms with E-state index < -0.39 is 11.6 Å². The molecule has 1 fully saturated rings. The Morgan fingerprint density at radius 3 is 2.62 bits per heavy atom. The third-order valence-electron chi connectivity index (χ3n) is 2.06. The zero-order valence-corrected chi connectivity index (χ0v) is 6.68. The Kier molecular flexibility index (Phi) is 1.76. The third-order valence-corrected chi connectivity index (χ3v) is 2.06. The van der Waals surface area contributed by atoms with Gasteiger partial charge in [0.2, 0.25) is 5.91 Å². The molecule has 0 saturated carbocycles. The lowest BCUT2D eigenvalue weighted by Crippen LogP contribution is -2.41. The van der Waals surface area contributed by atoms with Crippen molar-refractivity contribution in [2.24, 2.45) is 0 Å². The molecule has 0 bridgehead atoms. The Hall–Kier alpha value is -1.45. The first-order valence-electron chi connectivity index (χ1n) is 3.91. The Morgan fingerprint density at radius 2 is 2.08 bits per heavy atom. The molecule has 1 aromatic rings. The Balaban J connectivity index is 2.26. The van der Waals surface area contributed by atoms with Crippen LogP contribution >= 0.6 is 0 Å². The van der Waals surface area contributed by atoms with E-state index in [1.807, 2.05) is 0 Å². The Bertz CT molecular complexity index is 357. The topological polar surface area (TPSA) is 29.1 Å². The van der Waals surface area contributed by atoms with E-state index in [-0.39, 0.29) is 18.4 Å². The first kappa shape index (κ1) is 8.16. The van der Waals surface area contributed by atoms with Crippen molar-refractivity contribution < 1.29 is 13.6 Å². The highest BCUT2D eigenvalue weighted by molar-refractivity contribution is 5.83. The molecule has 1 aliphatic heterocycles. The van der Waals surface area contributed by atoms with Gasteiger partial charge in [0, 0.05) is 11.6 Å². The minimum absolute atomic E-state index is 0.103. The van der Waals surface area contributed by atoms with Crippen LogP contribution < -0.4 is 5.32 Å². The van der Waals surface area contributed by atoms with Crippen LogP contribution in [0.5, 0.6) is 0 Å². The fraction of sp³-hybridized carbons (Fsp3) is 0.222. The Morgan fingerprint density at radius 1 is 1.38 bits per heavy atom. The van der Waals surface area contributed by atoms with Crippen molar-refractivity contribution in [2.75, 3.05) is 0 Å². The van der Waals surface area contributed by atoms with Crippen molar-refractivity contribution >= 4 is 5.91 Å². The molecule has 1 saturated heterocycles. The average Bonchev–Trinajstić information content (AvgIpc) is 2.00. The molecule has 13 heavy (non-hydrogen) atoms. The molecule has 1 atom stereocenters. The first-order valence-corrected chi connectivity index (χ1v) is 3.91. The van der Waals surface area contributed by atoms with E-state index in [1.165, 1.54) is 12.1 Å². The molecule has 1 unspecified atom stereocenters. The van der Waals surface area contributed by atoms with Gasteiger partial charge in [-0.15, -0.1) is 0 Å². The van der Waals surface area contributed by atoms with E-state index in [4.69, 9.17) is 0 Å². The summed E-state index contributed by atoms with van der Waals surface area (Å²) < 4.78 is 25.5. The highest BCUT2D eigenvalue weighted by Gasteiger charge is 2.28. The number of rotatable bonds is 1. The largest absolute Gasteiger partial charge is 0.349 e. The fourth-order valence-corrected chi connectivity index (χ4v) is 1.33. The Labute approximate surface area is 73.6 Å². The minimum Gasteiger partial charge on any atom is -0.349 e. The molecule has 0 radical (unpaired) electrons. The summed E-state index contributed by atoms with van der Waals surface area (Å²) in [4.78, 5) is 10.6. The number of amides is 1. The molecule has 1 amide bonds. The van der Waals surface area contributed by atoms with Gasteiger partial charge in [-0.25, -0.2) is 8.78 Å². The van der Waals surface area contributed by atoms with Gasteiger partial charge in [-0.2, -0.15) is 0 Å². The smallest absolute Gasteiger partial charge is 0.222 e. The molecule has 1 aliphatic rings. The van der Waals surface area contributed by atoms with Crippen molar-refractivity contribution in [2.45, 2.75) is 12.5 Å². The first-order chi connectivity index (χ1) is 6.16. The van der Waals surface area contributed by atoms with Crippen molar-refractivity contribution in [3.8, 4) is 0 Å². The summed E-state index contributed by atoms with van der Waals surface area (Å²) in [7, 11) is 0. The lowest BCUT2D eigenvalue weighted by molar-refractivity contribution is -0.128. The van der Waals surface area contributed by atoms with Crippen LogP contribution in [0, 0.1) is 11.6 Å². The van der Waals surface area contributed by atoms with Gasteiger partial charge in [-0.3, -0.25) is 4.79 Å². The lowest BCUT2D eigenvalue weighted by Gasteiger charge is -2.27. The van der Waals surface area contributed by atoms with Gasteiger partial charge in [0.15, 0.2) is 0 Å². The molecule has 4 heteroatoms. The second kappa shape index (κ2) is 2.80. The summed E-state index contributed by atoms with van der Waals surface area (Å²) in [6, 6.07) is 3.07. The van der Waals surface area contributed by atoms with Gasteiger partial charge in [-0.05, 0) is 6.07 Å². The van der Waals surface area contributed by atoms with Crippen molar-refractivity contribution in [1.82, 2.24) is 5.32 Å². The van der Waals surface area contributed by atoms with Crippen LogP contribution in [0.4, 0.5) is 8.78 Å². The summed E-state index contributed by atoms with van der Waals surface area (Å²) in [5.74, 6) is -1.31. The maximum Gasteiger partial charge on any atom is 0.222 e. The summed E-state index contributed by atoms with van der Waals surface area (Å²) in [6.07, 6.45) is 0.280. The van der Waals surface area contributed by atoms with Crippen LogP contribution in [-0.2, 0) is 4.79 Å². The van der Waals surface area contributed by atoms with Crippen LogP contribution in [0.25, 0.3) is 0 Å². The van der Waals surface area contributed by atoms with Gasteiger partial charge in [0.1, 0.15) is 11.6 Å². The van der Waals surface area contributed by atoms with Crippen LogP contribution in [-0.4, -0.2) is 5.91 Å². The molecule has 1 heterocycles. The predicted molar refractivity (Wildman–Crippen MR) is 41.9 cm³/mol. The van der Waals surface area contributed by atoms with Crippen molar-refractivity contribution in [3.05, 3.63) is 35.4 Å². The van der Waals surface area contributed by atoms with E-state index in [9.17, 15) is 13.6 Å². The molecule has 2 rings (SSSR count). The van der Waals surface area contributed by atoms with Crippen LogP contribution in [0.2, 0.25) is 0 Å². The molecule has 0 spiro atoms. The summed E-state index contributed by atoms with van der Waals surface area (Å²) >= 11 is 0. The van der Waals surface area contributed by atoms with Crippen molar-refractivity contribution in [1.29, 1.82) is 0 Å². The summed E-state index contributed by atoms with van der Waals surface area (Å²) in [5.41, 5.74) is 0.348. The van der Waals surface area contributed by atoms with E-state index in [2.05, 4.69) is 5.32 Å². The number of halogens is 2. The maximum absolute atomic E-state index is 13.1. The lowest BCUT2D eigenvalue weighted by atomic mass is 9.97. The van der Waals surface area contributed by atoms with Gasteiger partial charge >= 0.3 is 0 Å². The summed E-state index contributed by atoms with van der Waals surface area (Å²) in [6.45, 7) is 0. The molecular weight excluding hydrogens is 176 g/mol. The fourth-order valence-electron chi connectivity index (χ4n) is 1.33. The number of nitrogens with one attached hydrogen (secondary N) is 1. The third kappa shape index (κ3) is 1.39. The van der Waals surface area contributed by atoms with Crippen LogP contribution in [0.1, 0.15) is 18.0 Å². The SMILES string of the molecule is O=C1CC(c2ccc(F)cc2F)N1. The number of benzene rings is 1. The zero-order chi connectivity index (χ0) is 9.42. The quantitative estimate of drug-likeness (QED) is 0.657. The van der Waals surface area contributed by atoms with Gasteiger partial charge in [0.25, 0.3) is 0 Å². The zero-order valence-electron chi connectivity index (χ0n) is 6.68. The molecule has 0 aliphatic carbocycles. The maximum atomic E-state index is 13.1. The molecule has 68 valence electrons. The normalized spacial score (nSPS) is 20.8. The van der Waals surface area contributed by atoms with E-state index in [0.29, 0.717) is 5.56 Å². The monoisotopic (exact) mass is 183 g/mol. The number of hydrogen-bond acceptors (Lipinski definition) is 1. The second-order valence-electron chi connectivity index (χ2n) is 2.99. The number of hydrogen-bond donors (Lipinski definition) is 1. The number of carbonyl (C=O) groups is 1. The van der Waals surface area contributed by atoms with Crippen molar-refractivity contribution in [3.63, 3.8) is 0 Å². The predicted octanol–water partition coefficient (Wildman–Crippen LogP) is 1.53. The van der Waals surface area contributed by atoms with Gasteiger partial charge in [0.05, 0.1) is 12.5 Å². The molecule has 2 nitrogen and oxygen atoms in total. The highest BCUT2D eigenvalue weighted by atomic mass is 19.1. The summed E-state index contributed by atoms with van der Waals surface area (Å²) in [5, 5.41) is 2.52. The van der Waals surface area contributed by atoms with E-state index in [0.717, 1.165) is 6.07 Å². The number of carbonyl (C=O) groups excluding carboxylic acids is 1.